The van der Waals surface area contributed by atoms with Crippen LogP contribution in [0.1, 0.15) is 30.9 Å². The van der Waals surface area contributed by atoms with Crippen molar-refractivity contribution in [1.82, 2.24) is 5.32 Å². The summed E-state index contributed by atoms with van der Waals surface area (Å²) in [5, 5.41) is 19.9. The van der Waals surface area contributed by atoms with E-state index in [0.717, 1.165) is 11.1 Å². The van der Waals surface area contributed by atoms with E-state index in [-0.39, 0.29) is 17.6 Å². The zero-order chi connectivity index (χ0) is 27.8. The number of allylic oxidation sites excluding steroid dienone is 2. The van der Waals surface area contributed by atoms with Gasteiger partial charge in [0.05, 0.1) is 34.9 Å². The summed E-state index contributed by atoms with van der Waals surface area (Å²) < 4.78 is 5.59. The maximum Gasteiger partial charge on any atom is 0.254 e. The molecule has 0 radical (unpaired) electrons. The van der Waals surface area contributed by atoms with Crippen molar-refractivity contribution in [2.24, 2.45) is 0 Å². The van der Waals surface area contributed by atoms with Crippen LogP contribution >= 0.6 is 11.8 Å². The standard InChI is InChI=1S/C31H30N4O3S/c1-4-38-25-16-12-22(13-17-25)29-26(18-32)31(39-19-27(36)34-24-14-10-20(2)11-15-24)33-21(3)28(29)30(37)35-23-8-6-5-7-9-23/h5-17,29,33H,4,19H2,1-3H3,(H,34,36)(H,35,37). The third-order valence-corrected chi connectivity index (χ3v) is 7.15. The number of hydrogen-bond acceptors (Lipinski definition) is 6. The molecule has 0 fully saturated rings. The highest BCUT2D eigenvalue weighted by atomic mass is 32.2. The molecule has 0 saturated carbocycles. The number of benzene rings is 3. The van der Waals surface area contributed by atoms with E-state index >= 15 is 0 Å². The summed E-state index contributed by atoms with van der Waals surface area (Å²) in [7, 11) is 0. The maximum atomic E-state index is 13.6. The number of aryl methyl sites for hydroxylation is 1. The minimum Gasteiger partial charge on any atom is -0.494 e. The molecule has 1 unspecified atom stereocenters. The lowest BCUT2D eigenvalue weighted by Gasteiger charge is -2.30. The summed E-state index contributed by atoms with van der Waals surface area (Å²) in [5.41, 5.74) is 4.67. The van der Waals surface area contributed by atoms with E-state index in [9.17, 15) is 14.9 Å². The van der Waals surface area contributed by atoms with E-state index in [4.69, 9.17) is 4.74 Å². The predicted molar refractivity (Wildman–Crippen MR) is 156 cm³/mol. The highest BCUT2D eigenvalue weighted by Gasteiger charge is 2.35. The molecule has 8 heteroatoms. The van der Waals surface area contributed by atoms with Crippen molar-refractivity contribution >= 4 is 35.0 Å². The van der Waals surface area contributed by atoms with Crippen LogP contribution in [0.4, 0.5) is 11.4 Å². The van der Waals surface area contributed by atoms with Crippen LogP contribution in [0.5, 0.6) is 5.75 Å². The van der Waals surface area contributed by atoms with Gasteiger partial charge in [-0.25, -0.2) is 0 Å². The van der Waals surface area contributed by atoms with Crippen molar-refractivity contribution in [3.63, 3.8) is 0 Å². The summed E-state index contributed by atoms with van der Waals surface area (Å²) in [4.78, 5) is 26.2. The first-order valence-corrected chi connectivity index (χ1v) is 13.6. The zero-order valence-corrected chi connectivity index (χ0v) is 22.9. The van der Waals surface area contributed by atoms with Gasteiger partial charge in [-0.15, -0.1) is 0 Å². The highest BCUT2D eigenvalue weighted by Crippen LogP contribution is 2.41. The molecular weight excluding hydrogens is 508 g/mol. The van der Waals surface area contributed by atoms with Crippen molar-refractivity contribution < 1.29 is 14.3 Å². The highest BCUT2D eigenvalue weighted by molar-refractivity contribution is 8.03. The number of thioether (sulfide) groups is 1. The number of carbonyl (C=O) groups excluding carboxylic acids is 2. The lowest BCUT2D eigenvalue weighted by molar-refractivity contribution is -0.114. The number of nitrogens with one attached hydrogen (secondary N) is 3. The van der Waals surface area contributed by atoms with Crippen molar-refractivity contribution in [2.45, 2.75) is 26.7 Å². The number of para-hydroxylation sites is 1. The van der Waals surface area contributed by atoms with Gasteiger partial charge >= 0.3 is 0 Å². The van der Waals surface area contributed by atoms with E-state index in [2.05, 4.69) is 22.0 Å². The molecule has 1 atom stereocenters. The van der Waals surface area contributed by atoms with Gasteiger partial charge in [0.2, 0.25) is 5.91 Å². The smallest absolute Gasteiger partial charge is 0.254 e. The van der Waals surface area contributed by atoms with Gasteiger partial charge in [-0.2, -0.15) is 5.26 Å². The summed E-state index contributed by atoms with van der Waals surface area (Å²) in [6.07, 6.45) is 0. The second-order valence-corrected chi connectivity index (χ2v) is 9.96. The van der Waals surface area contributed by atoms with E-state index in [0.29, 0.717) is 45.6 Å². The SMILES string of the molecule is CCOc1ccc(C2C(C#N)=C(SCC(=O)Nc3ccc(C)cc3)NC(C)=C2C(=O)Nc2ccccc2)cc1. The van der Waals surface area contributed by atoms with Gasteiger partial charge in [-0.1, -0.05) is 59.8 Å². The van der Waals surface area contributed by atoms with Gasteiger partial charge in [0, 0.05) is 22.6 Å². The maximum absolute atomic E-state index is 13.6. The second-order valence-electron chi connectivity index (χ2n) is 8.98. The number of ether oxygens (including phenoxy) is 1. The van der Waals surface area contributed by atoms with Crippen LogP contribution in [0.2, 0.25) is 0 Å². The largest absolute Gasteiger partial charge is 0.494 e. The Kier molecular flexibility index (Phi) is 9.08. The summed E-state index contributed by atoms with van der Waals surface area (Å²) in [6.45, 7) is 6.23. The van der Waals surface area contributed by atoms with Crippen LogP contribution in [0.3, 0.4) is 0 Å². The molecule has 0 saturated heterocycles. The Morgan fingerprint density at radius 2 is 1.62 bits per heavy atom. The van der Waals surface area contributed by atoms with Gasteiger partial charge in [-0.05, 0) is 62.7 Å². The Balaban J connectivity index is 1.63. The molecule has 1 aliphatic heterocycles. The van der Waals surface area contributed by atoms with Gasteiger partial charge in [0.15, 0.2) is 0 Å². The topological polar surface area (TPSA) is 103 Å². The van der Waals surface area contributed by atoms with E-state index in [1.165, 1.54) is 11.8 Å². The normalized spacial score (nSPS) is 14.8. The Bertz CT molecular complexity index is 1440. The first kappa shape index (κ1) is 27.6. The average Bonchev–Trinajstić information content (AvgIpc) is 2.94. The molecule has 1 aliphatic rings. The van der Waals surface area contributed by atoms with Crippen LogP contribution in [0.25, 0.3) is 0 Å². The minimum atomic E-state index is -0.627. The van der Waals surface area contributed by atoms with Crippen LogP contribution in [0.15, 0.2) is 101 Å². The number of carbonyl (C=O) groups is 2. The third kappa shape index (κ3) is 6.89. The lowest BCUT2D eigenvalue weighted by Crippen LogP contribution is -2.31. The number of nitrogens with zero attached hydrogens (tertiary/aromatic N) is 1. The molecule has 3 N–H and O–H groups in total. The quantitative estimate of drug-likeness (QED) is 0.304. The van der Waals surface area contributed by atoms with Gasteiger partial charge in [0.1, 0.15) is 5.75 Å². The molecule has 1 heterocycles. The second kappa shape index (κ2) is 12.9. The lowest BCUT2D eigenvalue weighted by atomic mass is 9.82. The molecule has 0 aromatic heterocycles. The van der Waals surface area contributed by atoms with Crippen molar-refractivity contribution in [3.8, 4) is 11.8 Å². The molecule has 198 valence electrons. The Hall–Kier alpha value is -4.48. The molecule has 3 aromatic carbocycles. The molecule has 2 amide bonds. The molecule has 4 rings (SSSR count). The first-order valence-electron chi connectivity index (χ1n) is 12.6. The number of hydrogen-bond donors (Lipinski definition) is 3. The molecule has 7 nitrogen and oxygen atoms in total. The number of anilines is 2. The Morgan fingerprint density at radius 1 is 0.949 bits per heavy atom. The third-order valence-electron chi connectivity index (χ3n) is 6.13. The molecule has 3 aromatic rings. The van der Waals surface area contributed by atoms with E-state index in [1.807, 2.05) is 99.6 Å². The molecule has 0 bridgehead atoms. The number of rotatable bonds is 9. The van der Waals surface area contributed by atoms with Crippen LogP contribution in [-0.4, -0.2) is 24.2 Å². The number of dihydropyridines is 1. The van der Waals surface area contributed by atoms with E-state index in [1.54, 1.807) is 0 Å². The Labute approximate surface area is 233 Å². The molecule has 39 heavy (non-hydrogen) atoms. The monoisotopic (exact) mass is 538 g/mol. The number of nitriles is 1. The van der Waals surface area contributed by atoms with Crippen LogP contribution in [-0.2, 0) is 9.59 Å². The summed E-state index contributed by atoms with van der Waals surface area (Å²) in [6, 6.07) is 26.5. The van der Waals surface area contributed by atoms with Gasteiger partial charge in [-0.3, -0.25) is 9.59 Å². The van der Waals surface area contributed by atoms with Crippen LogP contribution in [0, 0.1) is 18.3 Å². The predicted octanol–water partition coefficient (Wildman–Crippen LogP) is 6.10. The van der Waals surface area contributed by atoms with Crippen LogP contribution < -0.4 is 20.7 Å². The fourth-order valence-electron chi connectivity index (χ4n) is 4.28. The molecule has 0 aliphatic carbocycles. The fraction of sp³-hybridized carbons (Fsp3) is 0.194. The van der Waals surface area contributed by atoms with E-state index < -0.39 is 5.92 Å². The molecule has 0 spiro atoms. The minimum absolute atomic E-state index is 0.0935. The molecular formula is C31H30N4O3S. The van der Waals surface area contributed by atoms with Crippen molar-refractivity contribution in [1.29, 1.82) is 5.26 Å². The fourth-order valence-corrected chi connectivity index (χ4v) is 5.17. The van der Waals surface area contributed by atoms with Gasteiger partial charge in [0.25, 0.3) is 5.91 Å². The van der Waals surface area contributed by atoms with Gasteiger partial charge < -0.3 is 20.7 Å². The summed E-state index contributed by atoms with van der Waals surface area (Å²) in [5.74, 6) is -0.327. The average molecular weight is 539 g/mol. The first-order chi connectivity index (χ1) is 18.9. The summed E-state index contributed by atoms with van der Waals surface area (Å²) >= 11 is 1.24. The number of amides is 2. The van der Waals surface area contributed by atoms with Crippen molar-refractivity contribution in [2.75, 3.05) is 23.0 Å². The zero-order valence-electron chi connectivity index (χ0n) is 22.1. The van der Waals surface area contributed by atoms with Crippen molar-refractivity contribution in [3.05, 3.63) is 112 Å². The Morgan fingerprint density at radius 3 is 2.26 bits per heavy atom.